The normalized spacial score (nSPS) is 18.9. The molecule has 0 radical (unpaired) electrons. The third-order valence-electron chi connectivity index (χ3n) is 5.05. The molecule has 5 rings (SSSR count). The van der Waals surface area contributed by atoms with Crippen LogP contribution in [0.4, 0.5) is 11.6 Å². The Kier molecular flexibility index (Phi) is 4.07. The average molecular weight is 376 g/mol. The molecule has 1 aliphatic carbocycles. The third kappa shape index (κ3) is 3.02. The van der Waals surface area contributed by atoms with Gasteiger partial charge in [-0.25, -0.2) is 9.97 Å². The standard InChI is InChI=1S/C20H20N6O2/c21-12-6-14(7-12)28-18-3-1-2-11-9-22-20(24-19(11)18)23-13-4-5-15-16(8-13)25-26-17(15)10-27/h1-5,8-9,12,14,27H,6-7,10,21H2,(H,25,26)(H,22,23,24)/t12-,14+. The number of H-pyrrole nitrogens is 1. The molecule has 0 atom stereocenters. The molecule has 0 saturated heterocycles. The van der Waals surface area contributed by atoms with Crippen LogP contribution >= 0.6 is 0 Å². The van der Waals surface area contributed by atoms with Crippen molar-refractivity contribution in [3.63, 3.8) is 0 Å². The summed E-state index contributed by atoms with van der Waals surface area (Å²) in [6.45, 7) is -0.102. The zero-order chi connectivity index (χ0) is 19.1. The second kappa shape index (κ2) is 6.74. The highest BCUT2D eigenvalue weighted by Gasteiger charge is 2.28. The highest BCUT2D eigenvalue weighted by molar-refractivity contribution is 5.87. The quantitative estimate of drug-likeness (QED) is 0.422. The number of aromatic nitrogens is 4. The molecule has 28 heavy (non-hydrogen) atoms. The van der Waals surface area contributed by atoms with Crippen LogP contribution < -0.4 is 15.8 Å². The molecule has 2 aromatic heterocycles. The van der Waals surface area contributed by atoms with Gasteiger partial charge in [-0.15, -0.1) is 0 Å². The number of aliphatic hydroxyl groups is 1. The summed E-state index contributed by atoms with van der Waals surface area (Å²) in [6.07, 6.45) is 3.66. The van der Waals surface area contributed by atoms with E-state index < -0.39 is 0 Å². The molecular weight excluding hydrogens is 356 g/mol. The van der Waals surface area contributed by atoms with E-state index >= 15 is 0 Å². The molecule has 0 amide bonds. The van der Waals surface area contributed by atoms with Crippen molar-refractivity contribution in [2.24, 2.45) is 5.73 Å². The van der Waals surface area contributed by atoms with Crippen LogP contribution in [0.15, 0.2) is 42.6 Å². The van der Waals surface area contributed by atoms with Crippen molar-refractivity contribution in [1.82, 2.24) is 20.2 Å². The number of para-hydroxylation sites is 1. The maximum absolute atomic E-state index is 9.32. The van der Waals surface area contributed by atoms with Crippen LogP contribution in [-0.4, -0.2) is 37.4 Å². The van der Waals surface area contributed by atoms with Crippen molar-refractivity contribution >= 4 is 33.4 Å². The predicted molar refractivity (Wildman–Crippen MR) is 106 cm³/mol. The largest absolute Gasteiger partial charge is 0.488 e. The number of hydrogen-bond acceptors (Lipinski definition) is 7. The lowest BCUT2D eigenvalue weighted by molar-refractivity contribution is 0.102. The van der Waals surface area contributed by atoms with Crippen LogP contribution in [0, 0.1) is 0 Å². The molecule has 0 bridgehead atoms. The van der Waals surface area contributed by atoms with Crippen molar-refractivity contribution < 1.29 is 9.84 Å². The molecule has 8 nitrogen and oxygen atoms in total. The highest BCUT2D eigenvalue weighted by Crippen LogP contribution is 2.30. The van der Waals surface area contributed by atoms with Gasteiger partial charge in [-0.1, -0.05) is 12.1 Å². The minimum Gasteiger partial charge on any atom is -0.488 e. The Morgan fingerprint density at radius 3 is 2.96 bits per heavy atom. The average Bonchev–Trinajstić information content (AvgIpc) is 3.09. The number of aliphatic hydroxyl groups excluding tert-OH is 1. The van der Waals surface area contributed by atoms with Gasteiger partial charge < -0.3 is 20.9 Å². The molecule has 1 fully saturated rings. The molecule has 0 spiro atoms. The van der Waals surface area contributed by atoms with E-state index in [1.54, 1.807) is 6.20 Å². The molecule has 2 aromatic carbocycles. The monoisotopic (exact) mass is 376 g/mol. The number of ether oxygens (including phenoxy) is 1. The van der Waals surface area contributed by atoms with E-state index in [0.717, 1.165) is 46.1 Å². The molecule has 5 N–H and O–H groups in total. The third-order valence-corrected chi connectivity index (χ3v) is 5.05. The maximum Gasteiger partial charge on any atom is 0.227 e. The van der Waals surface area contributed by atoms with E-state index in [-0.39, 0.29) is 18.8 Å². The van der Waals surface area contributed by atoms with Gasteiger partial charge in [-0.05, 0) is 37.1 Å². The number of anilines is 2. The van der Waals surface area contributed by atoms with Crippen LogP contribution in [0.1, 0.15) is 18.5 Å². The highest BCUT2D eigenvalue weighted by atomic mass is 16.5. The van der Waals surface area contributed by atoms with Crippen molar-refractivity contribution in [2.75, 3.05) is 5.32 Å². The minimum atomic E-state index is -0.102. The summed E-state index contributed by atoms with van der Waals surface area (Å²) in [5, 5.41) is 21.4. The summed E-state index contributed by atoms with van der Waals surface area (Å²) in [5.74, 6) is 1.23. The first-order valence-corrected chi connectivity index (χ1v) is 9.22. The van der Waals surface area contributed by atoms with Crippen molar-refractivity contribution in [3.8, 4) is 5.75 Å². The molecule has 1 aliphatic rings. The van der Waals surface area contributed by atoms with Gasteiger partial charge in [0.1, 0.15) is 17.4 Å². The van der Waals surface area contributed by atoms with E-state index in [1.807, 2.05) is 36.4 Å². The van der Waals surface area contributed by atoms with Gasteiger partial charge in [-0.2, -0.15) is 5.10 Å². The van der Waals surface area contributed by atoms with Crippen LogP contribution in [0.5, 0.6) is 5.75 Å². The molecule has 142 valence electrons. The Morgan fingerprint density at radius 2 is 2.14 bits per heavy atom. The molecule has 0 unspecified atom stereocenters. The Morgan fingerprint density at radius 1 is 1.25 bits per heavy atom. The van der Waals surface area contributed by atoms with Gasteiger partial charge in [0.2, 0.25) is 5.95 Å². The molecule has 0 aliphatic heterocycles. The van der Waals surface area contributed by atoms with Crippen LogP contribution in [0.25, 0.3) is 21.8 Å². The lowest BCUT2D eigenvalue weighted by Crippen LogP contribution is -2.43. The fourth-order valence-corrected chi connectivity index (χ4v) is 3.47. The first-order chi connectivity index (χ1) is 13.7. The Labute approximate surface area is 160 Å². The molecular formula is C20H20N6O2. The number of aromatic amines is 1. The van der Waals surface area contributed by atoms with Gasteiger partial charge in [0.15, 0.2) is 0 Å². The Hall–Kier alpha value is -3.23. The van der Waals surface area contributed by atoms with Crippen molar-refractivity contribution in [1.29, 1.82) is 0 Å². The first-order valence-electron chi connectivity index (χ1n) is 9.22. The summed E-state index contributed by atoms with van der Waals surface area (Å²) in [5.41, 5.74) is 8.91. The second-order valence-electron chi connectivity index (χ2n) is 7.07. The van der Waals surface area contributed by atoms with Crippen LogP contribution in [-0.2, 0) is 6.61 Å². The van der Waals surface area contributed by atoms with E-state index in [9.17, 15) is 5.11 Å². The second-order valence-corrected chi connectivity index (χ2v) is 7.07. The number of nitrogens with two attached hydrogens (primary N) is 1. The zero-order valence-electron chi connectivity index (χ0n) is 15.1. The summed E-state index contributed by atoms with van der Waals surface area (Å²) in [4.78, 5) is 9.06. The summed E-state index contributed by atoms with van der Waals surface area (Å²) in [7, 11) is 0. The van der Waals surface area contributed by atoms with Gasteiger partial charge in [0.25, 0.3) is 0 Å². The lowest BCUT2D eigenvalue weighted by atomic mass is 9.90. The minimum absolute atomic E-state index is 0.102. The number of nitrogens with zero attached hydrogens (tertiary/aromatic N) is 3. The Bertz CT molecular complexity index is 1150. The van der Waals surface area contributed by atoms with Crippen molar-refractivity contribution in [2.45, 2.75) is 31.6 Å². The van der Waals surface area contributed by atoms with Gasteiger partial charge in [-0.3, -0.25) is 5.10 Å². The Balaban J connectivity index is 1.44. The summed E-state index contributed by atoms with van der Waals surface area (Å²) >= 11 is 0. The fraction of sp³-hybridized carbons (Fsp3) is 0.250. The van der Waals surface area contributed by atoms with E-state index in [4.69, 9.17) is 10.5 Å². The molecule has 1 saturated carbocycles. The number of fused-ring (bicyclic) bond motifs is 2. The van der Waals surface area contributed by atoms with Crippen LogP contribution in [0.2, 0.25) is 0 Å². The number of rotatable bonds is 5. The van der Waals surface area contributed by atoms with E-state index in [2.05, 4.69) is 25.5 Å². The van der Waals surface area contributed by atoms with Gasteiger partial charge in [0, 0.05) is 28.7 Å². The van der Waals surface area contributed by atoms with E-state index in [0.29, 0.717) is 11.6 Å². The fourth-order valence-electron chi connectivity index (χ4n) is 3.47. The first kappa shape index (κ1) is 16.9. The van der Waals surface area contributed by atoms with Gasteiger partial charge >= 0.3 is 0 Å². The topological polar surface area (TPSA) is 122 Å². The summed E-state index contributed by atoms with van der Waals surface area (Å²) in [6, 6.07) is 11.8. The van der Waals surface area contributed by atoms with E-state index in [1.165, 1.54) is 0 Å². The van der Waals surface area contributed by atoms with Crippen molar-refractivity contribution in [3.05, 3.63) is 48.3 Å². The molecule has 4 aromatic rings. The number of hydrogen-bond donors (Lipinski definition) is 4. The smallest absolute Gasteiger partial charge is 0.227 e. The zero-order valence-corrected chi connectivity index (χ0v) is 15.1. The number of benzene rings is 2. The molecule has 8 heteroatoms. The predicted octanol–water partition coefficient (Wildman–Crippen LogP) is 2.61. The summed E-state index contributed by atoms with van der Waals surface area (Å²) < 4.78 is 6.08. The van der Waals surface area contributed by atoms with Crippen LogP contribution in [0.3, 0.4) is 0 Å². The number of nitrogens with one attached hydrogen (secondary N) is 2. The SMILES string of the molecule is N[C@H]1C[C@@H](Oc2cccc3cnc(Nc4ccc5c(CO)n[nH]c5c4)nc23)C1. The lowest BCUT2D eigenvalue weighted by Gasteiger charge is -2.32. The maximum atomic E-state index is 9.32. The molecule has 2 heterocycles. The van der Waals surface area contributed by atoms with Gasteiger partial charge in [0.05, 0.1) is 17.8 Å².